The standard InChI is InChI=1S/C16H24O2/c1-12(2)11-13-5-7-14(8-6-13)16(3,4)10-9-15(17)18/h5-8,12H,9-11H2,1-4H3,(H,17,18). The maximum absolute atomic E-state index is 10.7. The predicted molar refractivity (Wildman–Crippen MR) is 74.9 cm³/mol. The smallest absolute Gasteiger partial charge is 0.303 e. The number of benzene rings is 1. The van der Waals surface area contributed by atoms with Gasteiger partial charge in [-0.25, -0.2) is 0 Å². The summed E-state index contributed by atoms with van der Waals surface area (Å²) < 4.78 is 0. The Morgan fingerprint density at radius 3 is 2.22 bits per heavy atom. The van der Waals surface area contributed by atoms with Crippen molar-refractivity contribution in [2.45, 2.75) is 52.4 Å². The van der Waals surface area contributed by atoms with Crippen molar-refractivity contribution < 1.29 is 9.90 Å². The van der Waals surface area contributed by atoms with Gasteiger partial charge in [0.15, 0.2) is 0 Å². The van der Waals surface area contributed by atoms with Crippen LogP contribution in [0.25, 0.3) is 0 Å². The minimum absolute atomic E-state index is 0.0747. The number of hydrogen-bond acceptors (Lipinski definition) is 1. The lowest BCUT2D eigenvalue weighted by atomic mass is 9.80. The third-order valence-electron chi connectivity index (χ3n) is 3.34. The van der Waals surface area contributed by atoms with Crippen LogP contribution in [0, 0.1) is 5.92 Å². The van der Waals surface area contributed by atoms with Crippen molar-refractivity contribution in [3.8, 4) is 0 Å². The third-order valence-corrected chi connectivity index (χ3v) is 3.34. The first-order chi connectivity index (χ1) is 8.31. The highest BCUT2D eigenvalue weighted by Gasteiger charge is 2.21. The highest BCUT2D eigenvalue weighted by molar-refractivity contribution is 5.66. The zero-order valence-electron chi connectivity index (χ0n) is 11.9. The van der Waals surface area contributed by atoms with Crippen LogP contribution in [0.15, 0.2) is 24.3 Å². The minimum atomic E-state index is -0.723. The summed E-state index contributed by atoms with van der Waals surface area (Å²) in [7, 11) is 0. The number of hydrogen-bond donors (Lipinski definition) is 1. The number of carboxylic acid groups (broad SMARTS) is 1. The number of carbonyl (C=O) groups is 1. The van der Waals surface area contributed by atoms with E-state index in [0.717, 1.165) is 6.42 Å². The quantitative estimate of drug-likeness (QED) is 0.825. The summed E-state index contributed by atoms with van der Waals surface area (Å²) in [5, 5.41) is 8.77. The molecule has 1 aromatic rings. The normalized spacial score (nSPS) is 11.8. The molecule has 0 bridgehead atoms. The fraction of sp³-hybridized carbons (Fsp3) is 0.562. The molecular weight excluding hydrogens is 224 g/mol. The average molecular weight is 248 g/mol. The Bertz CT molecular complexity index is 388. The molecule has 2 nitrogen and oxygen atoms in total. The Kier molecular flexibility index (Phi) is 4.94. The van der Waals surface area contributed by atoms with Crippen LogP contribution in [0.4, 0.5) is 0 Å². The van der Waals surface area contributed by atoms with E-state index in [1.165, 1.54) is 11.1 Å². The van der Waals surface area contributed by atoms with E-state index in [4.69, 9.17) is 5.11 Å². The molecule has 1 aromatic carbocycles. The maximum Gasteiger partial charge on any atom is 0.303 e. The van der Waals surface area contributed by atoms with Gasteiger partial charge in [-0.05, 0) is 35.3 Å². The molecule has 0 aromatic heterocycles. The monoisotopic (exact) mass is 248 g/mol. The number of aliphatic carboxylic acids is 1. The molecule has 0 spiro atoms. The van der Waals surface area contributed by atoms with Gasteiger partial charge in [-0.3, -0.25) is 4.79 Å². The summed E-state index contributed by atoms with van der Waals surface area (Å²) in [5.41, 5.74) is 2.49. The fourth-order valence-corrected chi connectivity index (χ4v) is 2.13. The van der Waals surface area contributed by atoms with Gasteiger partial charge in [0.05, 0.1) is 0 Å². The average Bonchev–Trinajstić information content (AvgIpc) is 2.26. The van der Waals surface area contributed by atoms with E-state index in [-0.39, 0.29) is 11.8 Å². The first-order valence-electron chi connectivity index (χ1n) is 6.62. The minimum Gasteiger partial charge on any atom is -0.481 e. The van der Waals surface area contributed by atoms with Crippen LogP contribution >= 0.6 is 0 Å². The second kappa shape index (κ2) is 6.03. The summed E-state index contributed by atoms with van der Waals surface area (Å²) in [6.07, 6.45) is 1.99. The topological polar surface area (TPSA) is 37.3 Å². The van der Waals surface area contributed by atoms with E-state index in [0.29, 0.717) is 12.3 Å². The highest BCUT2D eigenvalue weighted by Crippen LogP contribution is 2.28. The SMILES string of the molecule is CC(C)Cc1ccc(C(C)(C)CCC(=O)O)cc1. The van der Waals surface area contributed by atoms with Crippen LogP contribution < -0.4 is 0 Å². The summed E-state index contributed by atoms with van der Waals surface area (Å²) in [4.78, 5) is 10.7. The second-order valence-electron chi connectivity index (χ2n) is 6.07. The Labute approximate surface area is 110 Å². The molecule has 1 N–H and O–H groups in total. The molecule has 0 amide bonds. The van der Waals surface area contributed by atoms with Gasteiger partial charge in [-0.15, -0.1) is 0 Å². The molecular formula is C16H24O2. The van der Waals surface area contributed by atoms with E-state index >= 15 is 0 Å². The molecule has 0 fully saturated rings. The molecule has 0 saturated carbocycles. The zero-order valence-corrected chi connectivity index (χ0v) is 11.9. The first kappa shape index (κ1) is 14.7. The maximum atomic E-state index is 10.7. The molecule has 0 aliphatic heterocycles. The number of carboxylic acids is 1. The molecule has 0 unspecified atom stereocenters. The van der Waals surface area contributed by atoms with Crippen LogP contribution in [0.2, 0.25) is 0 Å². The van der Waals surface area contributed by atoms with E-state index in [1.807, 2.05) is 0 Å². The van der Waals surface area contributed by atoms with Crippen LogP contribution in [-0.4, -0.2) is 11.1 Å². The van der Waals surface area contributed by atoms with E-state index in [1.54, 1.807) is 0 Å². The van der Waals surface area contributed by atoms with Crippen LogP contribution in [0.5, 0.6) is 0 Å². The Hall–Kier alpha value is -1.31. The highest BCUT2D eigenvalue weighted by atomic mass is 16.4. The third kappa shape index (κ3) is 4.52. The van der Waals surface area contributed by atoms with Gasteiger partial charge in [-0.1, -0.05) is 52.0 Å². The van der Waals surface area contributed by atoms with Gasteiger partial charge >= 0.3 is 5.97 Å². The molecule has 0 atom stereocenters. The van der Waals surface area contributed by atoms with Gasteiger partial charge in [0.2, 0.25) is 0 Å². The zero-order chi connectivity index (χ0) is 13.8. The lowest BCUT2D eigenvalue weighted by Crippen LogP contribution is -2.18. The van der Waals surface area contributed by atoms with Gasteiger partial charge < -0.3 is 5.11 Å². The van der Waals surface area contributed by atoms with Crippen molar-refractivity contribution >= 4 is 5.97 Å². The Balaban J connectivity index is 2.73. The van der Waals surface area contributed by atoms with Crippen LogP contribution in [0.1, 0.15) is 51.7 Å². The molecule has 1 rings (SSSR count). The predicted octanol–water partition coefficient (Wildman–Crippen LogP) is 4.03. The van der Waals surface area contributed by atoms with Crippen molar-refractivity contribution in [1.29, 1.82) is 0 Å². The van der Waals surface area contributed by atoms with Crippen LogP contribution in [-0.2, 0) is 16.6 Å². The van der Waals surface area contributed by atoms with Gasteiger partial charge in [-0.2, -0.15) is 0 Å². The molecule has 0 saturated heterocycles. The van der Waals surface area contributed by atoms with Crippen molar-refractivity contribution in [1.82, 2.24) is 0 Å². The molecule has 100 valence electrons. The lowest BCUT2D eigenvalue weighted by Gasteiger charge is -2.24. The lowest BCUT2D eigenvalue weighted by molar-refractivity contribution is -0.137. The van der Waals surface area contributed by atoms with E-state index in [2.05, 4.69) is 52.0 Å². The van der Waals surface area contributed by atoms with E-state index < -0.39 is 5.97 Å². The van der Waals surface area contributed by atoms with Crippen molar-refractivity contribution in [3.05, 3.63) is 35.4 Å². The second-order valence-corrected chi connectivity index (χ2v) is 6.07. The van der Waals surface area contributed by atoms with E-state index in [9.17, 15) is 4.79 Å². The summed E-state index contributed by atoms with van der Waals surface area (Å²) >= 11 is 0. The van der Waals surface area contributed by atoms with Crippen molar-refractivity contribution in [2.24, 2.45) is 5.92 Å². The van der Waals surface area contributed by atoms with Crippen molar-refractivity contribution in [2.75, 3.05) is 0 Å². The summed E-state index contributed by atoms with van der Waals surface area (Å²) in [6.45, 7) is 8.64. The molecule has 0 aliphatic carbocycles. The molecule has 0 heterocycles. The summed E-state index contributed by atoms with van der Waals surface area (Å²) in [5.74, 6) is -0.0598. The van der Waals surface area contributed by atoms with Gasteiger partial charge in [0.25, 0.3) is 0 Å². The largest absolute Gasteiger partial charge is 0.481 e. The summed E-state index contributed by atoms with van der Waals surface area (Å²) in [6, 6.07) is 8.61. The van der Waals surface area contributed by atoms with Gasteiger partial charge in [0.1, 0.15) is 0 Å². The molecule has 2 heteroatoms. The van der Waals surface area contributed by atoms with Gasteiger partial charge in [0, 0.05) is 6.42 Å². The Morgan fingerprint density at radius 2 is 1.78 bits per heavy atom. The fourth-order valence-electron chi connectivity index (χ4n) is 2.13. The number of rotatable bonds is 6. The molecule has 18 heavy (non-hydrogen) atoms. The van der Waals surface area contributed by atoms with Crippen molar-refractivity contribution in [3.63, 3.8) is 0 Å². The van der Waals surface area contributed by atoms with Crippen LogP contribution in [0.3, 0.4) is 0 Å². The molecule has 0 radical (unpaired) electrons. The Morgan fingerprint density at radius 1 is 1.22 bits per heavy atom. The first-order valence-corrected chi connectivity index (χ1v) is 6.62. The molecule has 0 aliphatic rings.